The zero-order valence-electron chi connectivity index (χ0n) is 11.5. The third-order valence-corrected chi connectivity index (χ3v) is 3.88. The highest BCUT2D eigenvalue weighted by Crippen LogP contribution is 2.24. The first kappa shape index (κ1) is 14.1. The topological polar surface area (TPSA) is 69.3 Å². The number of amides is 1. The second-order valence-corrected chi connectivity index (χ2v) is 5.09. The molecule has 1 heterocycles. The summed E-state index contributed by atoms with van der Waals surface area (Å²) in [6, 6.07) is 3.96. The van der Waals surface area contributed by atoms with E-state index in [2.05, 4.69) is 5.32 Å². The molecule has 5 nitrogen and oxygen atoms in total. The molecule has 1 aromatic heterocycles. The molecule has 0 aliphatic heterocycles. The molecule has 2 atom stereocenters. The maximum Gasteiger partial charge on any atom is 0.268 e. The van der Waals surface area contributed by atoms with Crippen molar-refractivity contribution in [3.8, 4) is 0 Å². The van der Waals surface area contributed by atoms with Crippen LogP contribution in [0.4, 0.5) is 0 Å². The minimum absolute atomic E-state index is 0.00791. The summed E-state index contributed by atoms with van der Waals surface area (Å²) in [5.74, 6) is 0.415. The molecular formula is C14H23N3O2. The summed E-state index contributed by atoms with van der Waals surface area (Å²) in [7, 11) is 1.66. The van der Waals surface area contributed by atoms with Gasteiger partial charge in [-0.3, -0.25) is 4.79 Å². The maximum absolute atomic E-state index is 12.3. The minimum Gasteiger partial charge on any atom is -0.383 e. The van der Waals surface area contributed by atoms with Gasteiger partial charge in [-0.2, -0.15) is 0 Å². The Morgan fingerprint density at radius 2 is 2.42 bits per heavy atom. The average molecular weight is 265 g/mol. The van der Waals surface area contributed by atoms with E-state index in [-0.39, 0.29) is 11.9 Å². The first-order chi connectivity index (χ1) is 9.26. The van der Waals surface area contributed by atoms with Crippen molar-refractivity contribution in [3.63, 3.8) is 0 Å². The molecule has 1 fully saturated rings. The molecule has 1 saturated carbocycles. The summed E-state index contributed by atoms with van der Waals surface area (Å²) in [6.07, 6.45) is 5.21. The van der Waals surface area contributed by atoms with Crippen molar-refractivity contribution in [2.75, 3.05) is 20.3 Å². The Morgan fingerprint density at radius 1 is 1.58 bits per heavy atom. The van der Waals surface area contributed by atoms with Gasteiger partial charge in [-0.05, 0) is 37.4 Å². The predicted molar refractivity (Wildman–Crippen MR) is 74.0 cm³/mol. The minimum atomic E-state index is -0.00791. The zero-order valence-corrected chi connectivity index (χ0v) is 11.5. The molecule has 2 unspecified atom stereocenters. The quantitative estimate of drug-likeness (QED) is 0.806. The highest BCUT2D eigenvalue weighted by Gasteiger charge is 2.28. The second kappa shape index (κ2) is 6.73. The number of hydrogen-bond donors (Lipinski definition) is 2. The molecule has 0 aromatic carbocycles. The van der Waals surface area contributed by atoms with E-state index in [9.17, 15) is 4.79 Å². The highest BCUT2D eigenvalue weighted by atomic mass is 16.5. The van der Waals surface area contributed by atoms with Gasteiger partial charge in [0.15, 0.2) is 0 Å². The standard InChI is InChI=1S/C14H23N3O2/c1-19-9-8-17-7-3-6-13(17)14(18)16-12-5-2-4-11(12)10-15/h3,6-7,11-12H,2,4-5,8-10,15H2,1H3,(H,16,18). The van der Waals surface area contributed by atoms with Crippen LogP contribution in [-0.4, -0.2) is 36.8 Å². The number of nitrogens with two attached hydrogens (primary N) is 1. The van der Waals surface area contributed by atoms with Crippen LogP contribution in [0.2, 0.25) is 0 Å². The van der Waals surface area contributed by atoms with Crippen molar-refractivity contribution in [1.82, 2.24) is 9.88 Å². The van der Waals surface area contributed by atoms with E-state index in [0.29, 0.717) is 31.3 Å². The molecule has 0 radical (unpaired) electrons. The summed E-state index contributed by atoms with van der Waals surface area (Å²) < 4.78 is 6.97. The SMILES string of the molecule is COCCn1cccc1C(=O)NC1CCCC1CN. The average Bonchev–Trinajstić information content (AvgIpc) is 3.04. The fraction of sp³-hybridized carbons (Fsp3) is 0.643. The third kappa shape index (κ3) is 3.36. The van der Waals surface area contributed by atoms with Crippen molar-refractivity contribution >= 4 is 5.91 Å². The number of nitrogens with zero attached hydrogens (tertiary/aromatic N) is 1. The molecule has 0 saturated heterocycles. The maximum atomic E-state index is 12.3. The van der Waals surface area contributed by atoms with Crippen LogP contribution >= 0.6 is 0 Å². The molecule has 1 amide bonds. The molecule has 19 heavy (non-hydrogen) atoms. The zero-order chi connectivity index (χ0) is 13.7. The Morgan fingerprint density at radius 3 is 3.16 bits per heavy atom. The first-order valence-corrected chi connectivity index (χ1v) is 6.91. The van der Waals surface area contributed by atoms with Crippen LogP contribution < -0.4 is 11.1 Å². The lowest BCUT2D eigenvalue weighted by molar-refractivity contribution is 0.0916. The summed E-state index contributed by atoms with van der Waals surface area (Å²) in [5, 5.41) is 3.12. The van der Waals surface area contributed by atoms with Crippen LogP contribution in [0.15, 0.2) is 18.3 Å². The third-order valence-electron chi connectivity index (χ3n) is 3.88. The first-order valence-electron chi connectivity index (χ1n) is 6.91. The van der Waals surface area contributed by atoms with Crippen molar-refractivity contribution in [2.24, 2.45) is 11.7 Å². The van der Waals surface area contributed by atoms with Gasteiger partial charge in [0.25, 0.3) is 5.91 Å². The van der Waals surface area contributed by atoms with Crippen LogP contribution in [0, 0.1) is 5.92 Å². The van der Waals surface area contributed by atoms with E-state index < -0.39 is 0 Å². The Kier molecular flexibility index (Phi) is 4.99. The molecule has 5 heteroatoms. The van der Waals surface area contributed by atoms with E-state index in [0.717, 1.165) is 19.3 Å². The molecule has 106 valence electrons. The fourth-order valence-corrected chi connectivity index (χ4v) is 2.76. The molecule has 1 aliphatic rings. The summed E-state index contributed by atoms with van der Waals surface area (Å²) >= 11 is 0. The molecule has 0 bridgehead atoms. The van der Waals surface area contributed by atoms with Crippen molar-refractivity contribution in [3.05, 3.63) is 24.0 Å². The monoisotopic (exact) mass is 265 g/mol. The number of nitrogens with one attached hydrogen (secondary N) is 1. The number of aromatic nitrogens is 1. The van der Waals surface area contributed by atoms with Gasteiger partial charge in [-0.15, -0.1) is 0 Å². The lowest BCUT2D eigenvalue weighted by Crippen LogP contribution is -2.40. The fourth-order valence-electron chi connectivity index (χ4n) is 2.76. The lowest BCUT2D eigenvalue weighted by atomic mass is 10.0. The molecule has 1 aromatic rings. The highest BCUT2D eigenvalue weighted by molar-refractivity contribution is 5.93. The lowest BCUT2D eigenvalue weighted by Gasteiger charge is -2.20. The summed E-state index contributed by atoms with van der Waals surface area (Å²) in [4.78, 5) is 12.3. The normalized spacial score (nSPS) is 22.6. The van der Waals surface area contributed by atoms with Gasteiger partial charge in [0.2, 0.25) is 0 Å². The molecule has 0 spiro atoms. The van der Waals surface area contributed by atoms with Crippen LogP contribution in [0.25, 0.3) is 0 Å². The number of methoxy groups -OCH3 is 1. The van der Waals surface area contributed by atoms with Crippen LogP contribution in [-0.2, 0) is 11.3 Å². The Labute approximate surface area is 114 Å². The van der Waals surface area contributed by atoms with Gasteiger partial charge in [0.1, 0.15) is 5.69 Å². The molecule has 3 N–H and O–H groups in total. The van der Waals surface area contributed by atoms with Crippen LogP contribution in [0.1, 0.15) is 29.8 Å². The molecule has 2 rings (SSSR count). The number of hydrogen-bond acceptors (Lipinski definition) is 3. The van der Waals surface area contributed by atoms with Crippen molar-refractivity contribution in [2.45, 2.75) is 31.8 Å². The van der Waals surface area contributed by atoms with Crippen LogP contribution in [0.5, 0.6) is 0 Å². The van der Waals surface area contributed by atoms with E-state index in [4.69, 9.17) is 10.5 Å². The van der Waals surface area contributed by atoms with E-state index in [1.165, 1.54) is 0 Å². The van der Waals surface area contributed by atoms with E-state index >= 15 is 0 Å². The van der Waals surface area contributed by atoms with Gasteiger partial charge in [0, 0.05) is 25.9 Å². The van der Waals surface area contributed by atoms with Gasteiger partial charge in [-0.1, -0.05) is 6.42 Å². The number of ether oxygens (including phenoxy) is 1. The number of carbonyl (C=O) groups is 1. The Balaban J connectivity index is 1.97. The van der Waals surface area contributed by atoms with Crippen molar-refractivity contribution in [1.29, 1.82) is 0 Å². The van der Waals surface area contributed by atoms with E-state index in [1.807, 2.05) is 22.9 Å². The van der Waals surface area contributed by atoms with Crippen molar-refractivity contribution < 1.29 is 9.53 Å². The van der Waals surface area contributed by atoms with Gasteiger partial charge in [-0.25, -0.2) is 0 Å². The molecular weight excluding hydrogens is 242 g/mol. The number of carbonyl (C=O) groups excluding carboxylic acids is 1. The van der Waals surface area contributed by atoms with Gasteiger partial charge in [0.05, 0.1) is 6.61 Å². The Hall–Kier alpha value is -1.33. The summed E-state index contributed by atoms with van der Waals surface area (Å²) in [5.41, 5.74) is 6.44. The predicted octanol–water partition coefficient (Wildman–Crippen LogP) is 0.992. The van der Waals surface area contributed by atoms with Gasteiger partial charge >= 0.3 is 0 Å². The molecule has 1 aliphatic carbocycles. The smallest absolute Gasteiger partial charge is 0.268 e. The number of rotatable bonds is 6. The van der Waals surface area contributed by atoms with Gasteiger partial charge < -0.3 is 20.4 Å². The Bertz CT molecular complexity index is 417. The largest absolute Gasteiger partial charge is 0.383 e. The summed E-state index contributed by atoms with van der Waals surface area (Å²) in [6.45, 7) is 1.94. The van der Waals surface area contributed by atoms with E-state index in [1.54, 1.807) is 7.11 Å². The second-order valence-electron chi connectivity index (χ2n) is 5.09. The van der Waals surface area contributed by atoms with Crippen LogP contribution in [0.3, 0.4) is 0 Å².